The molecule has 0 amide bonds. The number of nitrogens with two attached hydrogens (primary N) is 1. The summed E-state index contributed by atoms with van der Waals surface area (Å²) in [5, 5.41) is 13.6. The van der Waals surface area contributed by atoms with E-state index in [2.05, 4.69) is 11.8 Å². The largest absolute Gasteiger partial charge is 0.495 e. The van der Waals surface area contributed by atoms with Crippen LogP contribution in [-0.4, -0.2) is 27.2 Å². The van der Waals surface area contributed by atoms with Crippen LogP contribution >= 0.6 is 0 Å². The summed E-state index contributed by atoms with van der Waals surface area (Å²) in [6.45, 7) is -0.0365. The quantitative estimate of drug-likeness (QED) is 0.748. The molecular formula is C11H13NO4S. The van der Waals surface area contributed by atoms with Crippen LogP contribution in [0, 0.1) is 11.8 Å². The molecule has 6 heteroatoms. The molecule has 0 atom stereocenters. The maximum atomic E-state index is 11.3. The van der Waals surface area contributed by atoms with Gasteiger partial charge in [-0.2, -0.15) is 0 Å². The van der Waals surface area contributed by atoms with Crippen LogP contribution in [0.5, 0.6) is 5.75 Å². The minimum absolute atomic E-state index is 0.0365. The zero-order valence-electron chi connectivity index (χ0n) is 9.30. The predicted molar refractivity (Wildman–Crippen MR) is 62.9 cm³/mol. The van der Waals surface area contributed by atoms with E-state index in [0.717, 1.165) is 0 Å². The van der Waals surface area contributed by atoms with Crippen LogP contribution in [-0.2, 0) is 10.0 Å². The number of aliphatic hydroxyl groups is 1. The zero-order chi connectivity index (χ0) is 12.9. The van der Waals surface area contributed by atoms with Crippen molar-refractivity contribution in [1.29, 1.82) is 0 Å². The van der Waals surface area contributed by atoms with E-state index in [1.54, 1.807) is 6.07 Å². The van der Waals surface area contributed by atoms with Gasteiger partial charge < -0.3 is 9.84 Å². The summed E-state index contributed by atoms with van der Waals surface area (Å²) >= 11 is 0. The number of hydrogen-bond acceptors (Lipinski definition) is 4. The van der Waals surface area contributed by atoms with Gasteiger partial charge in [-0.3, -0.25) is 0 Å². The summed E-state index contributed by atoms with van der Waals surface area (Å²) in [5.74, 6) is 5.60. The van der Waals surface area contributed by atoms with Crippen LogP contribution in [0.4, 0.5) is 0 Å². The van der Waals surface area contributed by atoms with E-state index < -0.39 is 10.0 Å². The van der Waals surface area contributed by atoms with Crippen molar-refractivity contribution in [2.75, 3.05) is 13.7 Å². The highest BCUT2D eigenvalue weighted by Gasteiger charge is 2.14. The van der Waals surface area contributed by atoms with E-state index in [1.165, 1.54) is 19.2 Å². The second-order valence-corrected chi connectivity index (χ2v) is 4.72. The highest BCUT2D eigenvalue weighted by Crippen LogP contribution is 2.23. The normalized spacial score (nSPS) is 10.5. The Kier molecular flexibility index (Phi) is 4.52. The van der Waals surface area contributed by atoms with Crippen LogP contribution in [0.1, 0.15) is 12.0 Å². The molecule has 0 radical (unpaired) electrons. The van der Waals surface area contributed by atoms with Gasteiger partial charge in [-0.15, -0.1) is 0 Å². The molecule has 17 heavy (non-hydrogen) atoms. The second kappa shape index (κ2) is 5.68. The number of hydrogen-bond donors (Lipinski definition) is 2. The van der Waals surface area contributed by atoms with Gasteiger partial charge in [-0.05, 0) is 18.2 Å². The Morgan fingerprint density at radius 2 is 2.18 bits per heavy atom. The van der Waals surface area contributed by atoms with E-state index in [1.807, 2.05) is 0 Å². The van der Waals surface area contributed by atoms with E-state index in [0.29, 0.717) is 12.0 Å². The van der Waals surface area contributed by atoms with Crippen molar-refractivity contribution in [2.45, 2.75) is 11.3 Å². The topological polar surface area (TPSA) is 89.6 Å². The number of sulfonamides is 1. The summed E-state index contributed by atoms with van der Waals surface area (Å²) in [7, 11) is -2.48. The molecule has 0 saturated heterocycles. The molecule has 1 rings (SSSR count). The van der Waals surface area contributed by atoms with Crippen LogP contribution in [0.3, 0.4) is 0 Å². The Hall–Kier alpha value is -1.55. The molecule has 0 bridgehead atoms. The van der Waals surface area contributed by atoms with Gasteiger partial charge in [0.2, 0.25) is 10.0 Å². The van der Waals surface area contributed by atoms with Gasteiger partial charge in [0, 0.05) is 12.0 Å². The van der Waals surface area contributed by atoms with Gasteiger partial charge in [0.1, 0.15) is 10.6 Å². The van der Waals surface area contributed by atoms with Gasteiger partial charge in [-0.1, -0.05) is 11.8 Å². The van der Waals surface area contributed by atoms with Gasteiger partial charge >= 0.3 is 0 Å². The third-order valence-electron chi connectivity index (χ3n) is 1.94. The van der Waals surface area contributed by atoms with Crippen LogP contribution < -0.4 is 9.88 Å². The molecule has 0 unspecified atom stereocenters. The first-order chi connectivity index (χ1) is 7.99. The summed E-state index contributed by atoms with van der Waals surface area (Å²) in [4.78, 5) is -0.101. The Morgan fingerprint density at radius 1 is 1.47 bits per heavy atom. The lowest BCUT2D eigenvalue weighted by Crippen LogP contribution is -2.13. The fourth-order valence-electron chi connectivity index (χ4n) is 1.20. The Balaban J connectivity index is 3.20. The smallest absolute Gasteiger partial charge is 0.241 e. The molecule has 0 spiro atoms. The van der Waals surface area contributed by atoms with Gasteiger partial charge in [-0.25, -0.2) is 13.6 Å². The molecule has 0 aromatic heterocycles. The lowest BCUT2D eigenvalue weighted by Gasteiger charge is -2.06. The molecule has 0 aliphatic heterocycles. The Morgan fingerprint density at radius 3 is 2.71 bits per heavy atom. The van der Waals surface area contributed by atoms with Gasteiger partial charge in [0.15, 0.2) is 0 Å². The van der Waals surface area contributed by atoms with Crippen molar-refractivity contribution in [3.63, 3.8) is 0 Å². The molecule has 0 saturated carbocycles. The fraction of sp³-hybridized carbons (Fsp3) is 0.273. The highest BCUT2D eigenvalue weighted by atomic mass is 32.2. The second-order valence-electron chi connectivity index (χ2n) is 3.19. The van der Waals surface area contributed by atoms with Gasteiger partial charge in [0.25, 0.3) is 0 Å². The molecule has 5 nitrogen and oxygen atoms in total. The molecule has 0 aliphatic carbocycles. The molecule has 92 valence electrons. The van der Waals surface area contributed by atoms with Crippen molar-refractivity contribution in [3.05, 3.63) is 23.8 Å². The number of primary sulfonamides is 1. The summed E-state index contributed by atoms with van der Waals surface area (Å²) in [6.07, 6.45) is 0.330. The van der Waals surface area contributed by atoms with Crippen molar-refractivity contribution >= 4 is 10.0 Å². The zero-order valence-corrected chi connectivity index (χ0v) is 10.1. The maximum Gasteiger partial charge on any atom is 0.241 e. The monoisotopic (exact) mass is 255 g/mol. The predicted octanol–water partition coefficient (Wildman–Crippen LogP) is 0.0765. The van der Waals surface area contributed by atoms with Crippen molar-refractivity contribution in [1.82, 2.24) is 0 Å². The molecule has 0 fully saturated rings. The molecule has 1 aromatic rings. The molecule has 3 N–H and O–H groups in total. The molecule has 0 heterocycles. The number of methoxy groups -OCH3 is 1. The maximum absolute atomic E-state index is 11.3. The fourth-order valence-corrected chi connectivity index (χ4v) is 1.92. The van der Waals surface area contributed by atoms with Crippen molar-refractivity contribution in [2.24, 2.45) is 5.14 Å². The summed E-state index contributed by atoms with van der Waals surface area (Å²) in [6, 6.07) is 4.46. The SMILES string of the molecule is COc1ccc(C#CCCO)cc1S(N)(=O)=O. The molecular weight excluding hydrogens is 242 g/mol. The van der Waals surface area contributed by atoms with Crippen LogP contribution in [0.2, 0.25) is 0 Å². The van der Waals surface area contributed by atoms with E-state index in [-0.39, 0.29) is 17.3 Å². The lowest BCUT2D eigenvalue weighted by molar-refractivity contribution is 0.305. The number of ether oxygens (including phenoxy) is 1. The number of rotatable bonds is 3. The standard InChI is InChI=1S/C11H13NO4S/c1-16-10-6-5-9(4-2-3-7-13)8-11(10)17(12,14)15/h5-6,8,13H,3,7H2,1H3,(H2,12,14,15). The molecule has 1 aromatic carbocycles. The van der Waals surface area contributed by atoms with E-state index in [4.69, 9.17) is 15.0 Å². The Bertz CT molecular complexity index is 555. The summed E-state index contributed by atoms with van der Waals surface area (Å²) in [5.41, 5.74) is 0.503. The average Bonchev–Trinajstić information content (AvgIpc) is 2.28. The summed E-state index contributed by atoms with van der Waals surface area (Å²) < 4.78 is 27.5. The number of aliphatic hydroxyl groups excluding tert-OH is 1. The minimum Gasteiger partial charge on any atom is -0.495 e. The Labute approximate surface area is 100 Å². The first-order valence-corrected chi connectivity index (χ1v) is 6.34. The van der Waals surface area contributed by atoms with Crippen molar-refractivity contribution in [3.8, 4) is 17.6 Å². The van der Waals surface area contributed by atoms with E-state index >= 15 is 0 Å². The highest BCUT2D eigenvalue weighted by molar-refractivity contribution is 7.89. The third-order valence-corrected chi connectivity index (χ3v) is 2.87. The number of benzene rings is 1. The first-order valence-electron chi connectivity index (χ1n) is 4.79. The minimum atomic E-state index is -3.84. The molecule has 0 aliphatic rings. The lowest BCUT2D eigenvalue weighted by atomic mass is 10.2. The third kappa shape index (κ3) is 3.75. The first kappa shape index (κ1) is 13.5. The average molecular weight is 255 g/mol. The van der Waals surface area contributed by atoms with Crippen molar-refractivity contribution < 1.29 is 18.3 Å². The van der Waals surface area contributed by atoms with E-state index in [9.17, 15) is 8.42 Å². The van der Waals surface area contributed by atoms with Crippen LogP contribution in [0.25, 0.3) is 0 Å². The van der Waals surface area contributed by atoms with Gasteiger partial charge in [0.05, 0.1) is 13.7 Å². The van der Waals surface area contributed by atoms with Crippen LogP contribution in [0.15, 0.2) is 23.1 Å².